The molecule has 0 radical (unpaired) electrons. The van der Waals surface area contributed by atoms with Crippen LogP contribution in [0.25, 0.3) is 0 Å². The highest BCUT2D eigenvalue weighted by atomic mass is 19.4. The fourth-order valence-electron chi connectivity index (χ4n) is 1.46. The first-order chi connectivity index (χ1) is 7.70. The molecule has 17 heavy (non-hydrogen) atoms. The van der Waals surface area contributed by atoms with E-state index in [1.165, 1.54) is 19.9 Å². The second-order valence-electron chi connectivity index (χ2n) is 3.64. The number of aliphatic hydroxyl groups is 1. The Balaban J connectivity index is 3.46. The van der Waals surface area contributed by atoms with E-state index in [1.807, 2.05) is 0 Å². The fraction of sp³-hybridized carbons (Fsp3) is 0.333. The Kier molecular flexibility index (Phi) is 3.39. The summed E-state index contributed by atoms with van der Waals surface area (Å²) in [5, 5.41) is 18.9. The van der Waals surface area contributed by atoms with Crippen LogP contribution in [0.1, 0.15) is 18.1 Å². The van der Waals surface area contributed by atoms with E-state index >= 15 is 0 Å². The third kappa shape index (κ3) is 2.53. The minimum Gasteiger partial charge on any atom is -0.508 e. The van der Waals surface area contributed by atoms with E-state index in [9.17, 15) is 23.4 Å². The van der Waals surface area contributed by atoms with Crippen molar-refractivity contribution in [2.24, 2.45) is 0 Å². The predicted octanol–water partition coefficient (Wildman–Crippen LogP) is 2.47. The van der Waals surface area contributed by atoms with E-state index in [0.29, 0.717) is 5.56 Å². The van der Waals surface area contributed by atoms with Gasteiger partial charge in [0.2, 0.25) is 5.60 Å². The molecule has 1 atom stereocenters. The average molecular weight is 244 g/mol. The molecular formula is C12H11F3O2. The molecule has 0 aliphatic rings. The van der Waals surface area contributed by atoms with Gasteiger partial charge >= 0.3 is 6.18 Å². The number of benzene rings is 1. The highest BCUT2D eigenvalue weighted by molar-refractivity contribution is 5.41. The molecule has 0 aliphatic heterocycles. The minimum absolute atomic E-state index is 0.347. The number of aryl methyl sites for hydroxylation is 1. The van der Waals surface area contributed by atoms with Crippen molar-refractivity contribution in [3.63, 3.8) is 0 Å². The minimum atomic E-state index is -4.93. The van der Waals surface area contributed by atoms with Crippen LogP contribution in [0.2, 0.25) is 0 Å². The van der Waals surface area contributed by atoms with E-state index in [-0.39, 0.29) is 5.75 Å². The molecule has 0 aromatic heterocycles. The zero-order valence-corrected chi connectivity index (χ0v) is 9.26. The summed E-state index contributed by atoms with van der Waals surface area (Å²) in [6, 6.07) is 3.28. The molecule has 0 saturated heterocycles. The van der Waals surface area contributed by atoms with Gasteiger partial charge < -0.3 is 10.2 Å². The van der Waals surface area contributed by atoms with Crippen molar-refractivity contribution in [2.75, 3.05) is 0 Å². The number of rotatable bonds is 1. The molecule has 0 amide bonds. The van der Waals surface area contributed by atoms with Gasteiger partial charge in [-0.3, -0.25) is 0 Å². The van der Waals surface area contributed by atoms with Crippen LogP contribution in [0.3, 0.4) is 0 Å². The van der Waals surface area contributed by atoms with Gasteiger partial charge in [0.25, 0.3) is 0 Å². The van der Waals surface area contributed by atoms with Crippen LogP contribution in [0.15, 0.2) is 18.2 Å². The van der Waals surface area contributed by atoms with Gasteiger partial charge in [0.1, 0.15) is 5.75 Å². The first-order valence-corrected chi connectivity index (χ1v) is 4.75. The van der Waals surface area contributed by atoms with Crippen LogP contribution in [-0.4, -0.2) is 16.4 Å². The van der Waals surface area contributed by atoms with E-state index < -0.39 is 17.3 Å². The van der Waals surface area contributed by atoms with Crippen molar-refractivity contribution in [2.45, 2.75) is 25.6 Å². The number of halogens is 3. The monoisotopic (exact) mass is 244 g/mol. The second-order valence-corrected chi connectivity index (χ2v) is 3.64. The Morgan fingerprint density at radius 2 is 1.76 bits per heavy atom. The maximum atomic E-state index is 12.8. The standard InChI is InChI=1S/C12H11F3O2/c1-3-4-11(17,12(13,14)15)9-5-8(2)6-10(16)7-9/h5-7,16-17H,1-2H3. The van der Waals surface area contributed by atoms with Crippen LogP contribution >= 0.6 is 0 Å². The summed E-state index contributed by atoms with van der Waals surface area (Å²) < 4.78 is 38.4. The maximum absolute atomic E-state index is 12.8. The number of aromatic hydroxyl groups is 1. The summed E-state index contributed by atoms with van der Waals surface area (Å²) in [4.78, 5) is 0. The van der Waals surface area contributed by atoms with Crippen LogP contribution in [-0.2, 0) is 5.60 Å². The van der Waals surface area contributed by atoms with Crippen molar-refractivity contribution in [3.05, 3.63) is 29.3 Å². The van der Waals surface area contributed by atoms with Crippen molar-refractivity contribution in [1.29, 1.82) is 0 Å². The molecule has 2 nitrogen and oxygen atoms in total. The molecular weight excluding hydrogens is 233 g/mol. The Labute approximate surface area is 96.7 Å². The van der Waals surface area contributed by atoms with E-state index in [4.69, 9.17) is 0 Å². The lowest BCUT2D eigenvalue weighted by molar-refractivity contribution is -0.240. The third-order valence-corrected chi connectivity index (χ3v) is 2.20. The molecule has 2 N–H and O–H groups in total. The lowest BCUT2D eigenvalue weighted by atomic mass is 9.92. The van der Waals surface area contributed by atoms with Gasteiger partial charge in [-0.2, -0.15) is 13.2 Å². The van der Waals surface area contributed by atoms with Crippen LogP contribution < -0.4 is 0 Å². The van der Waals surface area contributed by atoms with Crippen LogP contribution in [0.4, 0.5) is 13.2 Å². The number of hydrogen-bond donors (Lipinski definition) is 2. The molecule has 1 aromatic carbocycles. The lowest BCUT2D eigenvalue weighted by Gasteiger charge is -2.26. The molecule has 1 aromatic rings. The quantitative estimate of drug-likeness (QED) is 0.745. The number of phenols is 1. The fourth-order valence-corrected chi connectivity index (χ4v) is 1.46. The Morgan fingerprint density at radius 3 is 2.18 bits per heavy atom. The third-order valence-electron chi connectivity index (χ3n) is 2.20. The summed E-state index contributed by atoms with van der Waals surface area (Å²) in [5.74, 6) is 3.44. The highest BCUT2D eigenvalue weighted by Gasteiger charge is 2.54. The van der Waals surface area contributed by atoms with Gasteiger partial charge in [0.15, 0.2) is 0 Å². The number of phenolic OH excluding ortho intramolecular Hbond substituents is 1. The van der Waals surface area contributed by atoms with Gasteiger partial charge in [-0.05, 0) is 31.5 Å². The molecule has 0 spiro atoms. The summed E-state index contributed by atoms with van der Waals surface area (Å²) in [7, 11) is 0. The largest absolute Gasteiger partial charge is 0.508 e. The van der Waals surface area contributed by atoms with Crippen LogP contribution in [0, 0.1) is 18.8 Å². The molecule has 0 saturated carbocycles. The Morgan fingerprint density at radius 1 is 1.18 bits per heavy atom. The molecule has 0 fully saturated rings. The van der Waals surface area contributed by atoms with E-state index in [2.05, 4.69) is 5.92 Å². The second kappa shape index (κ2) is 4.30. The first-order valence-electron chi connectivity index (χ1n) is 4.75. The van der Waals surface area contributed by atoms with Crippen molar-refractivity contribution < 1.29 is 23.4 Å². The molecule has 92 valence electrons. The number of alkyl halides is 3. The highest BCUT2D eigenvalue weighted by Crippen LogP contribution is 2.39. The van der Waals surface area contributed by atoms with Crippen LogP contribution in [0.5, 0.6) is 5.75 Å². The zero-order valence-electron chi connectivity index (χ0n) is 9.26. The molecule has 1 unspecified atom stereocenters. The molecule has 5 heteroatoms. The maximum Gasteiger partial charge on any atom is 0.433 e. The average Bonchev–Trinajstić information content (AvgIpc) is 2.14. The van der Waals surface area contributed by atoms with Gasteiger partial charge in [-0.1, -0.05) is 12.0 Å². The Hall–Kier alpha value is -1.67. The topological polar surface area (TPSA) is 40.5 Å². The van der Waals surface area contributed by atoms with Gasteiger partial charge in [-0.25, -0.2) is 0 Å². The summed E-state index contributed by atoms with van der Waals surface area (Å²) in [5.41, 5.74) is -3.34. The smallest absolute Gasteiger partial charge is 0.433 e. The number of hydrogen-bond acceptors (Lipinski definition) is 2. The van der Waals surface area contributed by atoms with Crippen molar-refractivity contribution in [3.8, 4) is 17.6 Å². The normalized spacial score (nSPS) is 14.7. The van der Waals surface area contributed by atoms with Crippen molar-refractivity contribution in [1.82, 2.24) is 0 Å². The Bertz CT molecular complexity index is 462. The molecule has 0 heterocycles. The van der Waals surface area contributed by atoms with Gasteiger partial charge in [-0.15, -0.1) is 5.92 Å². The lowest BCUT2D eigenvalue weighted by Crippen LogP contribution is -2.41. The van der Waals surface area contributed by atoms with E-state index in [1.54, 1.807) is 5.92 Å². The first kappa shape index (κ1) is 13.4. The van der Waals surface area contributed by atoms with Gasteiger partial charge in [0, 0.05) is 5.56 Å². The zero-order chi connectivity index (χ0) is 13.3. The predicted molar refractivity (Wildman–Crippen MR) is 56.2 cm³/mol. The molecule has 1 rings (SSSR count). The summed E-state index contributed by atoms with van der Waals surface area (Å²) in [6.07, 6.45) is -4.93. The molecule has 0 aliphatic carbocycles. The summed E-state index contributed by atoms with van der Waals surface area (Å²) in [6.45, 7) is 2.71. The SMILES string of the molecule is CC#CC(O)(c1cc(C)cc(O)c1)C(F)(F)F. The molecule has 0 bridgehead atoms. The van der Waals surface area contributed by atoms with Gasteiger partial charge in [0.05, 0.1) is 0 Å². The van der Waals surface area contributed by atoms with E-state index in [0.717, 1.165) is 12.1 Å². The summed E-state index contributed by atoms with van der Waals surface area (Å²) >= 11 is 0. The van der Waals surface area contributed by atoms with Crippen molar-refractivity contribution >= 4 is 0 Å².